The Balaban J connectivity index is 1.78. The predicted molar refractivity (Wildman–Crippen MR) is 109 cm³/mol. The second-order valence-corrected chi connectivity index (χ2v) is 6.79. The molecular formula is C21H21ClN4O. The number of halogens is 1. The van der Waals surface area contributed by atoms with Crippen molar-refractivity contribution in [1.82, 2.24) is 9.97 Å². The van der Waals surface area contributed by atoms with Crippen LogP contribution < -0.4 is 10.6 Å². The van der Waals surface area contributed by atoms with Gasteiger partial charge in [0.1, 0.15) is 5.69 Å². The number of para-hydroxylation sites is 1. The van der Waals surface area contributed by atoms with E-state index < -0.39 is 0 Å². The average Bonchev–Trinajstić information content (AvgIpc) is 2.63. The van der Waals surface area contributed by atoms with Gasteiger partial charge in [0.15, 0.2) is 0 Å². The van der Waals surface area contributed by atoms with E-state index in [1.54, 1.807) is 6.07 Å². The number of benzene rings is 2. The number of rotatable bonds is 5. The van der Waals surface area contributed by atoms with Gasteiger partial charge in [0, 0.05) is 22.9 Å². The molecule has 0 aliphatic rings. The Morgan fingerprint density at radius 3 is 2.41 bits per heavy atom. The molecule has 0 saturated heterocycles. The Kier molecular flexibility index (Phi) is 5.72. The molecule has 1 aromatic heterocycles. The van der Waals surface area contributed by atoms with Gasteiger partial charge in [-0.25, -0.2) is 9.97 Å². The molecule has 0 bridgehead atoms. The van der Waals surface area contributed by atoms with E-state index in [1.165, 1.54) is 0 Å². The normalized spacial score (nSPS) is 10.5. The van der Waals surface area contributed by atoms with Gasteiger partial charge in [0.05, 0.1) is 0 Å². The van der Waals surface area contributed by atoms with E-state index in [0.29, 0.717) is 28.9 Å². The van der Waals surface area contributed by atoms with Gasteiger partial charge in [-0.2, -0.15) is 0 Å². The SMILES string of the molecule is Cc1cc(C(=O)Nc2c(C)cccc2C)nc(NCc2ccccc2Cl)n1. The van der Waals surface area contributed by atoms with Crippen LogP contribution in [-0.2, 0) is 6.54 Å². The maximum absolute atomic E-state index is 12.7. The Morgan fingerprint density at radius 1 is 1.00 bits per heavy atom. The largest absolute Gasteiger partial charge is 0.350 e. The molecule has 5 nitrogen and oxygen atoms in total. The summed E-state index contributed by atoms with van der Waals surface area (Å²) in [5.41, 5.74) is 4.78. The van der Waals surface area contributed by atoms with E-state index in [1.807, 2.05) is 63.2 Å². The molecular weight excluding hydrogens is 360 g/mol. The zero-order chi connectivity index (χ0) is 19.4. The summed E-state index contributed by atoms with van der Waals surface area (Å²) in [5, 5.41) is 6.76. The van der Waals surface area contributed by atoms with Gasteiger partial charge in [-0.3, -0.25) is 4.79 Å². The van der Waals surface area contributed by atoms with Crippen LogP contribution in [0.1, 0.15) is 32.9 Å². The minimum Gasteiger partial charge on any atom is -0.350 e. The van der Waals surface area contributed by atoms with Gasteiger partial charge in [-0.05, 0) is 49.6 Å². The first-order valence-electron chi connectivity index (χ1n) is 8.64. The number of amides is 1. The lowest BCUT2D eigenvalue weighted by Gasteiger charge is -2.12. The summed E-state index contributed by atoms with van der Waals surface area (Å²) in [7, 11) is 0. The average molecular weight is 381 g/mol. The van der Waals surface area contributed by atoms with Crippen molar-refractivity contribution in [2.24, 2.45) is 0 Å². The fourth-order valence-electron chi connectivity index (χ4n) is 2.77. The molecule has 3 aromatic rings. The predicted octanol–water partition coefficient (Wildman–Crippen LogP) is 4.92. The summed E-state index contributed by atoms with van der Waals surface area (Å²) in [6.07, 6.45) is 0. The molecule has 0 fully saturated rings. The highest BCUT2D eigenvalue weighted by Crippen LogP contribution is 2.21. The number of nitrogens with zero attached hydrogens (tertiary/aromatic N) is 2. The molecule has 0 aliphatic carbocycles. The molecule has 0 aliphatic heterocycles. The van der Waals surface area contributed by atoms with Crippen molar-refractivity contribution >= 4 is 29.1 Å². The molecule has 138 valence electrons. The molecule has 0 radical (unpaired) electrons. The monoisotopic (exact) mass is 380 g/mol. The molecule has 0 spiro atoms. The van der Waals surface area contributed by atoms with Gasteiger partial charge >= 0.3 is 0 Å². The van der Waals surface area contributed by atoms with Crippen molar-refractivity contribution < 1.29 is 4.79 Å². The number of aromatic nitrogens is 2. The number of nitrogens with one attached hydrogen (secondary N) is 2. The maximum Gasteiger partial charge on any atom is 0.274 e. The first-order valence-corrected chi connectivity index (χ1v) is 9.02. The third kappa shape index (κ3) is 4.63. The first kappa shape index (κ1) is 18.9. The third-order valence-electron chi connectivity index (χ3n) is 4.20. The van der Waals surface area contributed by atoms with Crippen molar-refractivity contribution in [3.8, 4) is 0 Å². The van der Waals surface area contributed by atoms with Gasteiger partial charge in [-0.15, -0.1) is 0 Å². The lowest BCUT2D eigenvalue weighted by atomic mass is 10.1. The molecule has 1 heterocycles. The van der Waals surface area contributed by atoms with Crippen LogP contribution in [0.15, 0.2) is 48.5 Å². The van der Waals surface area contributed by atoms with Crippen molar-refractivity contribution in [3.63, 3.8) is 0 Å². The summed E-state index contributed by atoms with van der Waals surface area (Å²) in [5.74, 6) is 0.125. The Labute approximate surface area is 163 Å². The first-order chi connectivity index (χ1) is 12.9. The summed E-state index contributed by atoms with van der Waals surface area (Å²) in [6, 6.07) is 15.1. The Morgan fingerprint density at radius 2 is 1.70 bits per heavy atom. The molecule has 1 amide bonds. The minimum absolute atomic E-state index is 0.265. The van der Waals surface area contributed by atoms with Crippen molar-refractivity contribution in [2.75, 3.05) is 10.6 Å². The molecule has 3 rings (SSSR count). The van der Waals surface area contributed by atoms with Crippen LogP contribution in [0.2, 0.25) is 5.02 Å². The van der Waals surface area contributed by atoms with E-state index in [9.17, 15) is 4.79 Å². The van der Waals surface area contributed by atoms with Crippen LogP contribution >= 0.6 is 11.6 Å². The molecule has 0 saturated carbocycles. The van der Waals surface area contributed by atoms with Gasteiger partial charge in [0.25, 0.3) is 5.91 Å². The lowest BCUT2D eigenvalue weighted by molar-refractivity contribution is 0.102. The Bertz CT molecular complexity index is 967. The van der Waals surface area contributed by atoms with E-state index >= 15 is 0 Å². The number of carbonyl (C=O) groups is 1. The van der Waals surface area contributed by atoms with Crippen LogP contribution in [0.3, 0.4) is 0 Å². The summed E-state index contributed by atoms with van der Waals surface area (Å²) in [4.78, 5) is 21.4. The topological polar surface area (TPSA) is 66.9 Å². The molecule has 27 heavy (non-hydrogen) atoms. The van der Waals surface area contributed by atoms with E-state index in [0.717, 1.165) is 22.4 Å². The fraction of sp³-hybridized carbons (Fsp3) is 0.190. The maximum atomic E-state index is 12.7. The molecule has 6 heteroatoms. The van der Waals surface area contributed by atoms with Crippen LogP contribution in [0.5, 0.6) is 0 Å². The highest BCUT2D eigenvalue weighted by atomic mass is 35.5. The van der Waals surface area contributed by atoms with Crippen molar-refractivity contribution in [3.05, 3.63) is 81.6 Å². The highest BCUT2D eigenvalue weighted by molar-refractivity contribution is 6.31. The smallest absolute Gasteiger partial charge is 0.274 e. The summed E-state index contributed by atoms with van der Waals surface area (Å²) >= 11 is 6.18. The quantitative estimate of drug-likeness (QED) is 0.659. The third-order valence-corrected chi connectivity index (χ3v) is 4.57. The van der Waals surface area contributed by atoms with Crippen LogP contribution in [0, 0.1) is 20.8 Å². The zero-order valence-electron chi connectivity index (χ0n) is 15.5. The Hall–Kier alpha value is -2.92. The summed E-state index contributed by atoms with van der Waals surface area (Å²) in [6.45, 7) is 6.23. The molecule has 2 aromatic carbocycles. The van der Waals surface area contributed by atoms with E-state index in [-0.39, 0.29) is 5.91 Å². The number of hydrogen-bond donors (Lipinski definition) is 2. The zero-order valence-corrected chi connectivity index (χ0v) is 16.3. The van der Waals surface area contributed by atoms with E-state index in [4.69, 9.17) is 11.6 Å². The number of aryl methyl sites for hydroxylation is 3. The second-order valence-electron chi connectivity index (χ2n) is 6.38. The minimum atomic E-state index is -0.265. The van der Waals surface area contributed by atoms with Crippen molar-refractivity contribution in [1.29, 1.82) is 0 Å². The highest BCUT2D eigenvalue weighted by Gasteiger charge is 2.13. The van der Waals surface area contributed by atoms with Gasteiger partial charge < -0.3 is 10.6 Å². The van der Waals surface area contributed by atoms with E-state index in [2.05, 4.69) is 20.6 Å². The van der Waals surface area contributed by atoms with Crippen LogP contribution in [-0.4, -0.2) is 15.9 Å². The number of anilines is 2. The number of carbonyl (C=O) groups excluding carboxylic acids is 1. The van der Waals surface area contributed by atoms with Gasteiger partial charge in [0.2, 0.25) is 5.95 Å². The summed E-state index contributed by atoms with van der Waals surface area (Å²) < 4.78 is 0. The van der Waals surface area contributed by atoms with Crippen LogP contribution in [0.4, 0.5) is 11.6 Å². The van der Waals surface area contributed by atoms with Crippen molar-refractivity contribution in [2.45, 2.75) is 27.3 Å². The number of hydrogen-bond acceptors (Lipinski definition) is 4. The lowest BCUT2D eigenvalue weighted by Crippen LogP contribution is -2.17. The molecule has 2 N–H and O–H groups in total. The second kappa shape index (κ2) is 8.18. The molecule has 0 unspecified atom stereocenters. The molecule has 0 atom stereocenters. The standard InChI is InChI=1S/C21H21ClN4O/c1-13-7-6-8-14(2)19(13)26-20(27)18-11-15(3)24-21(25-18)23-12-16-9-4-5-10-17(16)22/h4-11H,12H2,1-3H3,(H,26,27)(H,23,24,25). The van der Waals surface area contributed by atoms with Gasteiger partial charge in [-0.1, -0.05) is 48.0 Å². The fourth-order valence-corrected chi connectivity index (χ4v) is 2.97. The van der Waals surface area contributed by atoms with Crippen LogP contribution in [0.25, 0.3) is 0 Å².